The van der Waals surface area contributed by atoms with Crippen LogP contribution < -0.4 is 10.7 Å². The van der Waals surface area contributed by atoms with Gasteiger partial charge in [-0.1, -0.05) is 23.7 Å². The molecule has 0 atom stereocenters. The van der Waals surface area contributed by atoms with Gasteiger partial charge in [-0.05, 0) is 42.8 Å². The smallest absolute Gasteiger partial charge is 0.337 e. The molecular formula is C17H16ClN3O3. The van der Waals surface area contributed by atoms with Gasteiger partial charge in [0.15, 0.2) is 0 Å². The van der Waals surface area contributed by atoms with E-state index in [9.17, 15) is 9.59 Å². The lowest BCUT2D eigenvalue weighted by atomic mass is 10.1. The monoisotopic (exact) mass is 345 g/mol. The van der Waals surface area contributed by atoms with E-state index in [1.54, 1.807) is 25.1 Å². The number of anilines is 2. The van der Waals surface area contributed by atoms with Gasteiger partial charge in [0.05, 0.1) is 22.0 Å². The average molecular weight is 346 g/mol. The second-order valence-electron chi connectivity index (χ2n) is 5.07. The highest BCUT2D eigenvalue weighted by molar-refractivity contribution is 6.33. The van der Waals surface area contributed by atoms with Crippen molar-refractivity contribution in [3.8, 4) is 0 Å². The molecule has 0 radical (unpaired) electrons. The molecule has 0 saturated carbocycles. The number of carboxylic acid groups (broad SMARTS) is 1. The summed E-state index contributed by atoms with van der Waals surface area (Å²) in [5.74, 6) is -1.26. The predicted octanol–water partition coefficient (Wildman–Crippen LogP) is 3.83. The second kappa shape index (κ2) is 7.61. The molecule has 0 saturated heterocycles. The summed E-state index contributed by atoms with van der Waals surface area (Å²) in [5.41, 5.74) is 5.49. The number of halogens is 1. The summed E-state index contributed by atoms with van der Waals surface area (Å²) in [4.78, 5) is 22.2. The Kier molecular flexibility index (Phi) is 5.55. The molecule has 1 amide bonds. The maximum atomic E-state index is 11.1. The number of amides is 1. The summed E-state index contributed by atoms with van der Waals surface area (Å²) in [6, 6.07) is 11.8. The molecule has 0 bridgehead atoms. The predicted molar refractivity (Wildman–Crippen MR) is 95.0 cm³/mol. The van der Waals surface area contributed by atoms with E-state index >= 15 is 0 Å². The van der Waals surface area contributed by atoms with Crippen molar-refractivity contribution >= 4 is 40.6 Å². The van der Waals surface area contributed by atoms with Gasteiger partial charge in [-0.2, -0.15) is 5.10 Å². The molecular weight excluding hydrogens is 330 g/mol. The fourth-order valence-electron chi connectivity index (χ4n) is 2.00. The SMILES string of the molecule is CC(=O)Nc1cccc(C(C)=NNc2ccc(Cl)c(C(=O)O)c2)c1. The number of hydrazone groups is 1. The molecule has 2 aromatic carbocycles. The number of rotatable bonds is 5. The van der Waals surface area contributed by atoms with Gasteiger partial charge in [-0.25, -0.2) is 4.79 Å². The zero-order chi connectivity index (χ0) is 17.7. The van der Waals surface area contributed by atoms with Crippen molar-refractivity contribution in [2.24, 2.45) is 5.10 Å². The molecule has 0 spiro atoms. The molecule has 0 unspecified atom stereocenters. The van der Waals surface area contributed by atoms with Gasteiger partial charge in [0.1, 0.15) is 0 Å². The van der Waals surface area contributed by atoms with E-state index in [-0.39, 0.29) is 16.5 Å². The number of carbonyl (C=O) groups is 2. The number of hydrogen-bond acceptors (Lipinski definition) is 4. The highest BCUT2D eigenvalue weighted by Gasteiger charge is 2.09. The summed E-state index contributed by atoms with van der Waals surface area (Å²) >= 11 is 5.83. The number of carbonyl (C=O) groups excluding carboxylic acids is 1. The fourth-order valence-corrected chi connectivity index (χ4v) is 2.20. The standard InChI is InChI=1S/C17H16ClN3O3/c1-10(12-4-3-5-13(8-12)19-11(2)22)20-21-14-6-7-16(18)15(9-14)17(23)24/h3-9,21H,1-2H3,(H,19,22)(H,23,24). The molecule has 124 valence electrons. The van der Waals surface area contributed by atoms with E-state index < -0.39 is 5.97 Å². The van der Waals surface area contributed by atoms with Gasteiger partial charge in [-0.15, -0.1) is 0 Å². The lowest BCUT2D eigenvalue weighted by molar-refractivity contribution is -0.114. The number of nitrogens with one attached hydrogen (secondary N) is 2. The van der Waals surface area contributed by atoms with E-state index in [4.69, 9.17) is 16.7 Å². The van der Waals surface area contributed by atoms with Crippen LogP contribution in [0.1, 0.15) is 29.8 Å². The fraction of sp³-hybridized carbons (Fsp3) is 0.118. The van der Waals surface area contributed by atoms with Gasteiger partial charge >= 0.3 is 5.97 Å². The van der Waals surface area contributed by atoms with E-state index in [0.29, 0.717) is 17.1 Å². The van der Waals surface area contributed by atoms with Crippen LogP contribution in [0.25, 0.3) is 0 Å². The molecule has 6 nitrogen and oxygen atoms in total. The minimum absolute atomic E-state index is 0.00201. The van der Waals surface area contributed by atoms with Crippen LogP contribution in [0, 0.1) is 0 Å². The first-order valence-corrected chi connectivity index (χ1v) is 7.46. The Morgan fingerprint density at radius 1 is 1.08 bits per heavy atom. The van der Waals surface area contributed by atoms with E-state index in [1.807, 2.05) is 12.1 Å². The van der Waals surface area contributed by atoms with E-state index in [1.165, 1.54) is 19.1 Å². The highest BCUT2D eigenvalue weighted by Crippen LogP contribution is 2.21. The molecule has 2 aromatic rings. The Balaban J connectivity index is 2.18. The summed E-state index contributed by atoms with van der Waals surface area (Å²) < 4.78 is 0. The molecule has 24 heavy (non-hydrogen) atoms. The van der Waals surface area contributed by atoms with Crippen LogP contribution in [-0.4, -0.2) is 22.7 Å². The van der Waals surface area contributed by atoms with Crippen molar-refractivity contribution in [1.82, 2.24) is 0 Å². The molecule has 0 fully saturated rings. The maximum Gasteiger partial charge on any atom is 0.337 e. The highest BCUT2D eigenvalue weighted by atomic mass is 35.5. The number of aromatic carboxylic acids is 1. The van der Waals surface area contributed by atoms with Crippen LogP contribution in [0.4, 0.5) is 11.4 Å². The Labute approximate surface area is 144 Å². The quantitative estimate of drug-likeness (QED) is 0.567. The van der Waals surface area contributed by atoms with Crippen LogP contribution in [0.3, 0.4) is 0 Å². The molecule has 2 rings (SSSR count). The third-order valence-corrected chi connectivity index (χ3v) is 3.48. The van der Waals surface area contributed by atoms with Crippen LogP contribution in [0.15, 0.2) is 47.6 Å². The third-order valence-electron chi connectivity index (χ3n) is 3.15. The minimum Gasteiger partial charge on any atom is -0.478 e. The van der Waals surface area contributed by atoms with Crippen molar-refractivity contribution in [1.29, 1.82) is 0 Å². The normalized spacial score (nSPS) is 11.0. The van der Waals surface area contributed by atoms with Crippen LogP contribution in [-0.2, 0) is 4.79 Å². The first-order valence-electron chi connectivity index (χ1n) is 7.08. The van der Waals surface area contributed by atoms with Crippen molar-refractivity contribution in [3.63, 3.8) is 0 Å². The zero-order valence-corrected chi connectivity index (χ0v) is 13.9. The van der Waals surface area contributed by atoms with Gasteiger partial charge in [0, 0.05) is 12.6 Å². The average Bonchev–Trinajstić information content (AvgIpc) is 2.53. The van der Waals surface area contributed by atoms with E-state index in [2.05, 4.69) is 15.8 Å². The largest absolute Gasteiger partial charge is 0.478 e. The lowest BCUT2D eigenvalue weighted by Crippen LogP contribution is -2.07. The number of benzene rings is 2. The van der Waals surface area contributed by atoms with Crippen molar-refractivity contribution in [2.45, 2.75) is 13.8 Å². The zero-order valence-electron chi connectivity index (χ0n) is 13.1. The van der Waals surface area contributed by atoms with Gasteiger partial charge in [0.25, 0.3) is 0 Å². The first-order chi connectivity index (χ1) is 11.4. The summed E-state index contributed by atoms with van der Waals surface area (Å²) in [6.45, 7) is 3.24. The Hall–Kier alpha value is -2.86. The summed E-state index contributed by atoms with van der Waals surface area (Å²) in [5, 5.41) is 16.2. The van der Waals surface area contributed by atoms with Gasteiger partial charge < -0.3 is 10.4 Å². The molecule has 0 aliphatic rings. The Morgan fingerprint density at radius 3 is 2.50 bits per heavy atom. The van der Waals surface area contributed by atoms with Crippen LogP contribution in [0.2, 0.25) is 5.02 Å². The first kappa shape index (κ1) is 17.5. The lowest BCUT2D eigenvalue weighted by Gasteiger charge is -2.07. The van der Waals surface area contributed by atoms with Crippen LogP contribution >= 0.6 is 11.6 Å². The Bertz CT molecular complexity index is 818. The maximum absolute atomic E-state index is 11.1. The number of nitrogens with zero attached hydrogens (tertiary/aromatic N) is 1. The molecule has 0 heterocycles. The second-order valence-corrected chi connectivity index (χ2v) is 5.48. The summed E-state index contributed by atoms with van der Waals surface area (Å²) in [7, 11) is 0. The Morgan fingerprint density at radius 2 is 1.83 bits per heavy atom. The summed E-state index contributed by atoms with van der Waals surface area (Å²) in [6.07, 6.45) is 0. The molecule has 3 N–H and O–H groups in total. The minimum atomic E-state index is -1.10. The molecule has 7 heteroatoms. The van der Waals surface area contributed by atoms with Crippen molar-refractivity contribution in [3.05, 3.63) is 58.6 Å². The van der Waals surface area contributed by atoms with Crippen molar-refractivity contribution in [2.75, 3.05) is 10.7 Å². The molecule has 0 aliphatic heterocycles. The van der Waals surface area contributed by atoms with Gasteiger partial charge in [-0.3, -0.25) is 10.2 Å². The van der Waals surface area contributed by atoms with Gasteiger partial charge in [0.2, 0.25) is 5.91 Å². The van der Waals surface area contributed by atoms with Crippen LogP contribution in [0.5, 0.6) is 0 Å². The third kappa shape index (κ3) is 4.57. The molecule has 0 aliphatic carbocycles. The van der Waals surface area contributed by atoms with E-state index in [0.717, 1.165) is 5.56 Å². The number of hydrogen-bond donors (Lipinski definition) is 3. The topological polar surface area (TPSA) is 90.8 Å². The van der Waals surface area contributed by atoms with Crippen molar-refractivity contribution < 1.29 is 14.7 Å². The molecule has 0 aromatic heterocycles. The number of carboxylic acids is 1.